The van der Waals surface area contributed by atoms with Gasteiger partial charge in [0.2, 0.25) is 5.91 Å². The van der Waals surface area contributed by atoms with Crippen molar-refractivity contribution >= 4 is 34.5 Å². The molecule has 0 aliphatic carbocycles. The van der Waals surface area contributed by atoms with Gasteiger partial charge in [0.05, 0.1) is 13.0 Å². The number of nitrogens with one attached hydrogen (secondary N) is 2. The molecule has 2 N–H and O–H groups in total. The van der Waals surface area contributed by atoms with Crippen molar-refractivity contribution in [2.24, 2.45) is 0 Å². The van der Waals surface area contributed by atoms with Crippen LogP contribution in [0.25, 0.3) is 0 Å². The fraction of sp³-hybridized carbons (Fsp3) is 0.438. The molecule has 3 heterocycles. The van der Waals surface area contributed by atoms with Gasteiger partial charge in [-0.1, -0.05) is 6.07 Å². The second-order valence-electron chi connectivity index (χ2n) is 5.80. The number of thiazole rings is 1. The molecule has 6 nitrogen and oxygen atoms in total. The van der Waals surface area contributed by atoms with Crippen LogP contribution in [0.15, 0.2) is 22.9 Å². The van der Waals surface area contributed by atoms with Crippen molar-refractivity contribution in [3.63, 3.8) is 0 Å². The zero-order valence-electron chi connectivity index (χ0n) is 13.4. The summed E-state index contributed by atoms with van der Waals surface area (Å²) in [7, 11) is 0. The molecule has 0 saturated carbocycles. The minimum atomic E-state index is -0.256. The third kappa shape index (κ3) is 4.40. The van der Waals surface area contributed by atoms with E-state index in [4.69, 9.17) is 0 Å². The Hall–Kier alpha value is -1.77. The zero-order valence-corrected chi connectivity index (χ0v) is 15.1. The molecule has 0 unspecified atom stereocenters. The molecule has 8 heteroatoms. The van der Waals surface area contributed by atoms with Gasteiger partial charge < -0.3 is 0 Å². The average molecular weight is 364 g/mol. The Kier molecular flexibility index (Phi) is 5.60. The Bertz CT molecular complexity index is 699. The molecule has 1 aliphatic heterocycles. The molecule has 0 aromatic carbocycles. The van der Waals surface area contributed by atoms with Crippen LogP contribution in [0.5, 0.6) is 0 Å². The first-order chi connectivity index (χ1) is 11.6. The third-order valence-corrected chi connectivity index (χ3v) is 5.84. The van der Waals surface area contributed by atoms with Crippen molar-refractivity contribution in [1.29, 1.82) is 0 Å². The summed E-state index contributed by atoms with van der Waals surface area (Å²) in [4.78, 5) is 31.6. The Labute approximate surface area is 148 Å². The Morgan fingerprint density at radius 3 is 2.88 bits per heavy atom. The molecule has 0 bridgehead atoms. The highest BCUT2D eigenvalue weighted by Crippen LogP contribution is 2.33. The summed E-state index contributed by atoms with van der Waals surface area (Å²) < 4.78 is 0. The number of likely N-dealkylation sites (tertiary alicyclic amines) is 1. The smallest absolute Gasteiger partial charge is 0.252 e. The monoisotopic (exact) mass is 364 g/mol. The number of thiophene rings is 1. The van der Waals surface area contributed by atoms with Crippen LogP contribution in [0, 0.1) is 6.92 Å². The van der Waals surface area contributed by atoms with Crippen molar-refractivity contribution < 1.29 is 9.59 Å². The van der Waals surface area contributed by atoms with E-state index in [1.54, 1.807) is 11.3 Å². The van der Waals surface area contributed by atoms with Crippen LogP contribution in [0.2, 0.25) is 0 Å². The standard InChI is InChI=1S/C16H20N4O2S2/c1-11-10-24-16(17-11)8-14(21)18-19-15(22)9-20-6-2-4-12(20)13-5-3-7-23-13/h3,5,7,10,12H,2,4,6,8-9H2,1H3,(H,18,21)(H,19,22)/t12-/m0/s1. The summed E-state index contributed by atoms with van der Waals surface area (Å²) in [6.45, 7) is 3.08. The second-order valence-corrected chi connectivity index (χ2v) is 7.72. The predicted molar refractivity (Wildman–Crippen MR) is 94.7 cm³/mol. The van der Waals surface area contributed by atoms with E-state index in [1.807, 2.05) is 18.4 Å². The molecule has 1 fully saturated rings. The Morgan fingerprint density at radius 1 is 1.33 bits per heavy atom. The molecule has 2 aromatic heterocycles. The van der Waals surface area contributed by atoms with Gasteiger partial charge in [0.25, 0.3) is 5.91 Å². The normalized spacial score (nSPS) is 17.8. The van der Waals surface area contributed by atoms with Crippen molar-refractivity contribution in [1.82, 2.24) is 20.7 Å². The summed E-state index contributed by atoms with van der Waals surface area (Å²) >= 11 is 3.17. The lowest BCUT2D eigenvalue weighted by molar-refractivity contribution is -0.129. The number of aryl methyl sites for hydroxylation is 1. The highest BCUT2D eigenvalue weighted by atomic mass is 32.1. The number of hydrogen-bond donors (Lipinski definition) is 2. The molecule has 128 valence electrons. The van der Waals surface area contributed by atoms with E-state index in [9.17, 15) is 9.59 Å². The molecule has 0 radical (unpaired) electrons. The van der Waals surface area contributed by atoms with Gasteiger partial charge in [0.1, 0.15) is 5.01 Å². The highest BCUT2D eigenvalue weighted by molar-refractivity contribution is 7.10. The molecule has 3 rings (SSSR count). The average Bonchev–Trinajstić information content (AvgIpc) is 3.27. The fourth-order valence-electron chi connectivity index (χ4n) is 2.85. The van der Waals surface area contributed by atoms with Gasteiger partial charge in [-0.25, -0.2) is 4.98 Å². The lowest BCUT2D eigenvalue weighted by Gasteiger charge is -2.22. The highest BCUT2D eigenvalue weighted by Gasteiger charge is 2.28. The quantitative estimate of drug-likeness (QED) is 0.796. The maximum Gasteiger partial charge on any atom is 0.252 e. The van der Waals surface area contributed by atoms with E-state index < -0.39 is 0 Å². The van der Waals surface area contributed by atoms with Gasteiger partial charge in [-0.05, 0) is 37.8 Å². The van der Waals surface area contributed by atoms with Gasteiger partial charge in [-0.15, -0.1) is 22.7 Å². The first-order valence-corrected chi connectivity index (χ1v) is 9.64. The minimum Gasteiger partial charge on any atom is -0.287 e. The number of nitrogens with zero attached hydrogens (tertiary/aromatic N) is 2. The second kappa shape index (κ2) is 7.87. The molecule has 1 atom stereocenters. The lowest BCUT2D eigenvalue weighted by atomic mass is 10.2. The first-order valence-electron chi connectivity index (χ1n) is 7.88. The van der Waals surface area contributed by atoms with E-state index >= 15 is 0 Å². The topological polar surface area (TPSA) is 74.3 Å². The molecular weight excluding hydrogens is 344 g/mol. The van der Waals surface area contributed by atoms with Crippen LogP contribution in [0.3, 0.4) is 0 Å². The largest absolute Gasteiger partial charge is 0.287 e. The van der Waals surface area contributed by atoms with Crippen LogP contribution >= 0.6 is 22.7 Å². The minimum absolute atomic E-state index is 0.181. The van der Waals surface area contributed by atoms with E-state index in [0.29, 0.717) is 12.6 Å². The van der Waals surface area contributed by atoms with Gasteiger partial charge in [-0.3, -0.25) is 25.3 Å². The van der Waals surface area contributed by atoms with Crippen molar-refractivity contribution in [2.75, 3.05) is 13.1 Å². The number of carbonyl (C=O) groups is 2. The molecule has 2 amide bonds. The van der Waals surface area contributed by atoms with E-state index in [-0.39, 0.29) is 18.2 Å². The maximum absolute atomic E-state index is 12.1. The molecular formula is C16H20N4O2S2. The molecule has 1 aliphatic rings. The van der Waals surface area contributed by atoms with E-state index in [1.165, 1.54) is 16.2 Å². The predicted octanol–water partition coefficient (Wildman–Crippen LogP) is 2.04. The zero-order chi connectivity index (χ0) is 16.9. The number of hydrogen-bond acceptors (Lipinski definition) is 6. The summed E-state index contributed by atoms with van der Waals surface area (Å²) in [6, 6.07) is 4.46. The molecule has 24 heavy (non-hydrogen) atoms. The van der Waals surface area contributed by atoms with Crippen molar-refractivity contribution in [2.45, 2.75) is 32.2 Å². The first kappa shape index (κ1) is 17.1. The SMILES string of the molecule is Cc1csc(CC(=O)NNC(=O)CN2CCC[C@H]2c2cccs2)n1. The van der Waals surface area contributed by atoms with Crippen LogP contribution in [0.1, 0.15) is 34.5 Å². The third-order valence-electron chi connectivity index (χ3n) is 3.90. The van der Waals surface area contributed by atoms with Gasteiger partial charge in [0, 0.05) is 22.0 Å². The van der Waals surface area contributed by atoms with Gasteiger partial charge in [-0.2, -0.15) is 0 Å². The molecule has 1 saturated heterocycles. The summed E-state index contributed by atoms with van der Waals surface area (Å²) in [5, 5.41) is 4.71. The van der Waals surface area contributed by atoms with Crippen LogP contribution in [0.4, 0.5) is 0 Å². The van der Waals surface area contributed by atoms with E-state index in [2.05, 4.69) is 32.2 Å². The van der Waals surface area contributed by atoms with Crippen LogP contribution in [-0.2, 0) is 16.0 Å². The Morgan fingerprint density at radius 2 is 2.17 bits per heavy atom. The van der Waals surface area contributed by atoms with Crippen LogP contribution < -0.4 is 10.9 Å². The number of carbonyl (C=O) groups excluding carboxylic acids is 2. The van der Waals surface area contributed by atoms with Crippen molar-refractivity contribution in [3.05, 3.63) is 38.5 Å². The Balaban J connectivity index is 1.44. The summed E-state index contributed by atoms with van der Waals surface area (Å²) in [6.07, 6.45) is 2.34. The number of hydrazine groups is 1. The summed E-state index contributed by atoms with van der Waals surface area (Å²) in [5.74, 6) is -0.448. The number of rotatable bonds is 5. The molecule has 2 aromatic rings. The lowest BCUT2D eigenvalue weighted by Crippen LogP contribution is -2.46. The number of aromatic nitrogens is 1. The van der Waals surface area contributed by atoms with Gasteiger partial charge in [0.15, 0.2) is 0 Å². The van der Waals surface area contributed by atoms with Gasteiger partial charge >= 0.3 is 0 Å². The number of amides is 2. The van der Waals surface area contributed by atoms with Crippen molar-refractivity contribution in [3.8, 4) is 0 Å². The molecule has 0 spiro atoms. The van der Waals surface area contributed by atoms with E-state index in [0.717, 1.165) is 30.1 Å². The summed E-state index contributed by atoms with van der Waals surface area (Å²) in [5.41, 5.74) is 5.87. The van der Waals surface area contributed by atoms with Crippen LogP contribution in [-0.4, -0.2) is 34.8 Å². The maximum atomic E-state index is 12.1. The fourth-order valence-corrected chi connectivity index (χ4v) is 4.51.